The summed E-state index contributed by atoms with van der Waals surface area (Å²) in [6.45, 7) is 5.24. The monoisotopic (exact) mass is 249 g/mol. The summed E-state index contributed by atoms with van der Waals surface area (Å²) in [4.78, 5) is 0. The Balaban J connectivity index is 3.25. The van der Waals surface area contributed by atoms with Crippen molar-refractivity contribution in [1.29, 1.82) is 0 Å². The first-order chi connectivity index (χ1) is 7.53. The molecule has 0 aliphatic carbocycles. The van der Waals surface area contributed by atoms with Gasteiger partial charge in [0.15, 0.2) is 0 Å². The van der Waals surface area contributed by atoms with Crippen LogP contribution in [0.1, 0.15) is 37.9 Å². The number of hydrogen-bond acceptors (Lipinski definition) is 1. The number of halogens is 4. The third kappa shape index (κ3) is 3.19. The van der Waals surface area contributed by atoms with Crippen molar-refractivity contribution in [3.8, 4) is 0 Å². The minimum absolute atomic E-state index is 0.104. The van der Waals surface area contributed by atoms with Crippen LogP contribution in [-0.4, -0.2) is 0 Å². The van der Waals surface area contributed by atoms with Crippen LogP contribution in [0, 0.1) is 11.2 Å². The van der Waals surface area contributed by atoms with Gasteiger partial charge in [0, 0.05) is 11.6 Å². The molecule has 5 heteroatoms. The van der Waals surface area contributed by atoms with Crippen LogP contribution < -0.4 is 5.73 Å². The maximum atomic E-state index is 13.5. The zero-order valence-corrected chi connectivity index (χ0v) is 9.90. The maximum absolute atomic E-state index is 13.5. The number of nitrogens with two attached hydrogens (primary N) is 1. The predicted octanol–water partition coefficient (Wildman–Crippen LogP) is 3.89. The lowest BCUT2D eigenvalue weighted by atomic mass is 9.82. The summed E-state index contributed by atoms with van der Waals surface area (Å²) in [5.41, 5.74) is 4.28. The highest BCUT2D eigenvalue weighted by Gasteiger charge is 2.33. The van der Waals surface area contributed by atoms with Crippen molar-refractivity contribution in [2.45, 2.75) is 33.0 Å². The van der Waals surface area contributed by atoms with Crippen LogP contribution in [0.15, 0.2) is 18.2 Å². The predicted molar refractivity (Wildman–Crippen MR) is 57.8 cm³/mol. The van der Waals surface area contributed by atoms with Gasteiger partial charge in [-0.2, -0.15) is 13.2 Å². The lowest BCUT2D eigenvalue weighted by molar-refractivity contribution is -0.137. The Morgan fingerprint density at radius 2 is 1.65 bits per heavy atom. The molecule has 0 bridgehead atoms. The second-order valence-corrected chi connectivity index (χ2v) is 5.08. The topological polar surface area (TPSA) is 26.0 Å². The Labute approximate surface area is 97.6 Å². The van der Waals surface area contributed by atoms with Crippen molar-refractivity contribution >= 4 is 0 Å². The minimum atomic E-state index is -4.49. The molecule has 0 spiro atoms. The van der Waals surface area contributed by atoms with Gasteiger partial charge in [-0.3, -0.25) is 0 Å². The smallest absolute Gasteiger partial charge is 0.323 e. The number of rotatable bonds is 1. The molecule has 0 aromatic heterocycles. The standard InChI is InChI=1S/C12H15F4N/c1-11(2,3)10(17)8-6-7(12(14,15)16)4-5-9(8)13/h4-6,10H,17H2,1-3H3. The van der Waals surface area contributed by atoms with Crippen LogP contribution in [0.4, 0.5) is 17.6 Å². The van der Waals surface area contributed by atoms with Gasteiger partial charge in [-0.05, 0) is 23.6 Å². The van der Waals surface area contributed by atoms with E-state index in [0.29, 0.717) is 6.07 Å². The summed E-state index contributed by atoms with van der Waals surface area (Å²) >= 11 is 0. The number of benzene rings is 1. The first-order valence-electron chi connectivity index (χ1n) is 5.15. The van der Waals surface area contributed by atoms with Crippen molar-refractivity contribution < 1.29 is 17.6 Å². The number of alkyl halides is 3. The van der Waals surface area contributed by atoms with E-state index in [1.807, 2.05) is 0 Å². The second kappa shape index (κ2) is 4.29. The average molecular weight is 249 g/mol. The molecule has 0 fully saturated rings. The van der Waals surface area contributed by atoms with E-state index in [1.54, 1.807) is 20.8 Å². The highest BCUT2D eigenvalue weighted by molar-refractivity contribution is 5.30. The van der Waals surface area contributed by atoms with Gasteiger partial charge in [-0.1, -0.05) is 20.8 Å². The van der Waals surface area contributed by atoms with Crippen LogP contribution in [0.25, 0.3) is 0 Å². The molecule has 0 saturated carbocycles. The van der Waals surface area contributed by atoms with E-state index in [0.717, 1.165) is 12.1 Å². The lowest BCUT2D eigenvalue weighted by Crippen LogP contribution is -2.27. The van der Waals surface area contributed by atoms with Gasteiger partial charge in [-0.25, -0.2) is 4.39 Å². The Kier molecular flexibility index (Phi) is 3.52. The van der Waals surface area contributed by atoms with Crippen molar-refractivity contribution in [3.05, 3.63) is 35.1 Å². The molecule has 1 nitrogen and oxygen atoms in total. The Morgan fingerprint density at radius 3 is 2.06 bits per heavy atom. The molecule has 0 aliphatic rings. The molecule has 1 aromatic rings. The van der Waals surface area contributed by atoms with Gasteiger partial charge in [-0.15, -0.1) is 0 Å². The van der Waals surface area contributed by atoms with E-state index >= 15 is 0 Å². The maximum Gasteiger partial charge on any atom is 0.416 e. The van der Waals surface area contributed by atoms with Crippen LogP contribution in [0.2, 0.25) is 0 Å². The molecule has 0 aliphatic heterocycles. The van der Waals surface area contributed by atoms with Crippen LogP contribution in [-0.2, 0) is 6.18 Å². The van der Waals surface area contributed by atoms with Gasteiger partial charge >= 0.3 is 6.18 Å². The summed E-state index contributed by atoms with van der Waals surface area (Å²) in [7, 11) is 0. The fourth-order valence-electron chi connectivity index (χ4n) is 1.42. The largest absolute Gasteiger partial charge is 0.416 e. The third-order valence-corrected chi connectivity index (χ3v) is 2.59. The van der Waals surface area contributed by atoms with E-state index in [-0.39, 0.29) is 5.56 Å². The molecule has 1 atom stereocenters. The van der Waals surface area contributed by atoms with Crippen LogP contribution in [0.5, 0.6) is 0 Å². The molecular weight excluding hydrogens is 234 g/mol. The van der Waals surface area contributed by atoms with E-state index in [9.17, 15) is 17.6 Å². The van der Waals surface area contributed by atoms with E-state index < -0.39 is 29.0 Å². The van der Waals surface area contributed by atoms with Gasteiger partial charge in [0.2, 0.25) is 0 Å². The molecule has 17 heavy (non-hydrogen) atoms. The van der Waals surface area contributed by atoms with Crippen molar-refractivity contribution in [2.75, 3.05) is 0 Å². The van der Waals surface area contributed by atoms with Crippen LogP contribution in [0.3, 0.4) is 0 Å². The molecule has 0 saturated heterocycles. The van der Waals surface area contributed by atoms with Crippen molar-refractivity contribution in [3.63, 3.8) is 0 Å². The summed E-state index contributed by atoms with van der Waals surface area (Å²) in [6, 6.07) is 1.52. The fourth-order valence-corrected chi connectivity index (χ4v) is 1.42. The molecule has 0 radical (unpaired) electrons. The summed E-state index contributed by atoms with van der Waals surface area (Å²) in [5.74, 6) is -0.708. The molecule has 1 unspecified atom stereocenters. The normalized spacial score (nSPS) is 14.8. The number of hydrogen-bond donors (Lipinski definition) is 1. The second-order valence-electron chi connectivity index (χ2n) is 5.08. The van der Waals surface area contributed by atoms with E-state index in [1.165, 1.54) is 0 Å². The fraction of sp³-hybridized carbons (Fsp3) is 0.500. The van der Waals surface area contributed by atoms with E-state index in [2.05, 4.69) is 0 Å². The highest BCUT2D eigenvalue weighted by atomic mass is 19.4. The summed E-state index contributed by atoms with van der Waals surface area (Å²) in [5, 5.41) is 0. The third-order valence-electron chi connectivity index (χ3n) is 2.59. The van der Waals surface area contributed by atoms with Gasteiger partial charge in [0.05, 0.1) is 5.56 Å². The van der Waals surface area contributed by atoms with Gasteiger partial charge < -0.3 is 5.73 Å². The van der Waals surface area contributed by atoms with Crippen molar-refractivity contribution in [1.82, 2.24) is 0 Å². The van der Waals surface area contributed by atoms with E-state index in [4.69, 9.17) is 5.73 Å². The first kappa shape index (κ1) is 14.0. The Morgan fingerprint density at radius 1 is 1.12 bits per heavy atom. The zero-order chi connectivity index (χ0) is 13.4. The summed E-state index contributed by atoms with van der Waals surface area (Å²) in [6.07, 6.45) is -4.49. The SMILES string of the molecule is CC(C)(C)C(N)c1cc(C(F)(F)F)ccc1F. The lowest BCUT2D eigenvalue weighted by Gasteiger charge is -2.28. The van der Waals surface area contributed by atoms with Gasteiger partial charge in [0.25, 0.3) is 0 Å². The Bertz CT molecular complexity index is 404. The summed E-state index contributed by atoms with van der Waals surface area (Å²) < 4.78 is 51.0. The molecule has 1 rings (SSSR count). The molecule has 2 N–H and O–H groups in total. The first-order valence-corrected chi connectivity index (χ1v) is 5.15. The average Bonchev–Trinajstić information content (AvgIpc) is 2.14. The molecule has 96 valence electrons. The molecular formula is C12H15F4N. The Hall–Kier alpha value is -1.10. The minimum Gasteiger partial charge on any atom is -0.323 e. The quantitative estimate of drug-likeness (QED) is 0.751. The highest BCUT2D eigenvalue weighted by Crippen LogP contribution is 2.36. The zero-order valence-electron chi connectivity index (χ0n) is 9.90. The van der Waals surface area contributed by atoms with Crippen LogP contribution >= 0.6 is 0 Å². The van der Waals surface area contributed by atoms with Crippen molar-refractivity contribution in [2.24, 2.45) is 11.1 Å². The molecule has 0 amide bonds. The van der Waals surface area contributed by atoms with Gasteiger partial charge in [0.1, 0.15) is 5.82 Å². The molecule has 0 heterocycles. The molecule has 1 aromatic carbocycles.